The van der Waals surface area contributed by atoms with Gasteiger partial charge in [0, 0.05) is 25.3 Å². The van der Waals surface area contributed by atoms with Crippen LogP contribution in [0.1, 0.15) is 40.7 Å². The van der Waals surface area contributed by atoms with Gasteiger partial charge < -0.3 is 15.4 Å². The van der Waals surface area contributed by atoms with Gasteiger partial charge in [0.2, 0.25) is 0 Å². The van der Waals surface area contributed by atoms with Crippen LogP contribution in [0.5, 0.6) is 0 Å². The van der Waals surface area contributed by atoms with Gasteiger partial charge in [0.1, 0.15) is 0 Å². The van der Waals surface area contributed by atoms with E-state index in [4.69, 9.17) is 4.74 Å². The molecule has 2 aliphatic rings. The molecule has 0 spiro atoms. The van der Waals surface area contributed by atoms with Crippen LogP contribution in [0.15, 0.2) is 18.2 Å². The van der Waals surface area contributed by atoms with Gasteiger partial charge in [-0.15, -0.1) is 0 Å². The molecule has 1 aromatic rings. The zero-order chi connectivity index (χ0) is 13.9. The number of fused-ring (bicyclic) bond motifs is 1. The van der Waals surface area contributed by atoms with Crippen molar-refractivity contribution in [2.24, 2.45) is 0 Å². The number of carbonyl (C=O) groups is 1. The monoisotopic (exact) mass is 274 g/mol. The van der Waals surface area contributed by atoms with E-state index in [0.29, 0.717) is 6.10 Å². The average molecular weight is 274 g/mol. The predicted molar refractivity (Wildman–Crippen MR) is 77.8 cm³/mol. The Labute approximate surface area is 119 Å². The van der Waals surface area contributed by atoms with Gasteiger partial charge in [0.25, 0.3) is 5.91 Å². The maximum Gasteiger partial charge on any atom is 0.251 e. The highest BCUT2D eigenvalue weighted by atomic mass is 16.5. The number of methoxy groups -OCH3 is 1. The quantitative estimate of drug-likeness (QED) is 0.881. The summed E-state index contributed by atoms with van der Waals surface area (Å²) in [6.45, 7) is 1.89. The van der Waals surface area contributed by atoms with Gasteiger partial charge in [-0.05, 0) is 55.5 Å². The molecule has 4 nitrogen and oxygen atoms in total. The van der Waals surface area contributed by atoms with Crippen LogP contribution in [0.4, 0.5) is 0 Å². The van der Waals surface area contributed by atoms with Crippen LogP contribution in [0.2, 0.25) is 0 Å². The first-order chi connectivity index (χ1) is 9.76. The molecule has 3 rings (SSSR count). The lowest BCUT2D eigenvalue weighted by atomic mass is 9.98. The smallest absolute Gasteiger partial charge is 0.251 e. The Kier molecular flexibility index (Phi) is 4.03. The van der Waals surface area contributed by atoms with Crippen molar-refractivity contribution >= 4 is 5.91 Å². The van der Waals surface area contributed by atoms with E-state index in [1.165, 1.54) is 11.1 Å². The third-order valence-electron chi connectivity index (χ3n) is 4.41. The molecular weight excluding hydrogens is 252 g/mol. The number of nitrogens with one attached hydrogen (secondary N) is 2. The van der Waals surface area contributed by atoms with Crippen LogP contribution in [0, 0.1) is 0 Å². The highest BCUT2D eigenvalue weighted by molar-refractivity contribution is 5.94. The van der Waals surface area contributed by atoms with Crippen LogP contribution < -0.4 is 10.6 Å². The van der Waals surface area contributed by atoms with Crippen molar-refractivity contribution in [1.29, 1.82) is 0 Å². The maximum atomic E-state index is 12.3. The molecule has 0 bridgehead atoms. The SMILES string of the molecule is COC1CCC(NC(=O)c2ccc3c(c2)CNCC3)C1. The lowest BCUT2D eigenvalue weighted by Gasteiger charge is -2.18. The fraction of sp³-hybridized carbons (Fsp3) is 0.562. The van der Waals surface area contributed by atoms with E-state index >= 15 is 0 Å². The molecule has 2 N–H and O–H groups in total. The number of carbonyl (C=O) groups excluding carboxylic acids is 1. The molecule has 1 aromatic carbocycles. The van der Waals surface area contributed by atoms with E-state index in [1.807, 2.05) is 12.1 Å². The highest BCUT2D eigenvalue weighted by Crippen LogP contribution is 2.22. The summed E-state index contributed by atoms with van der Waals surface area (Å²) in [5.41, 5.74) is 3.39. The van der Waals surface area contributed by atoms with Crippen molar-refractivity contribution in [2.75, 3.05) is 13.7 Å². The third kappa shape index (κ3) is 2.86. The second-order valence-corrected chi connectivity index (χ2v) is 5.75. The summed E-state index contributed by atoms with van der Waals surface area (Å²) in [4.78, 5) is 12.3. The number of ether oxygens (including phenoxy) is 1. The van der Waals surface area contributed by atoms with Crippen molar-refractivity contribution in [3.63, 3.8) is 0 Å². The summed E-state index contributed by atoms with van der Waals surface area (Å²) in [7, 11) is 1.74. The Balaban J connectivity index is 1.65. The zero-order valence-corrected chi connectivity index (χ0v) is 11.9. The Morgan fingerprint density at radius 1 is 1.35 bits per heavy atom. The summed E-state index contributed by atoms with van der Waals surface area (Å²) >= 11 is 0. The summed E-state index contributed by atoms with van der Waals surface area (Å²) in [6.07, 6.45) is 4.32. The molecule has 20 heavy (non-hydrogen) atoms. The minimum absolute atomic E-state index is 0.0418. The van der Waals surface area contributed by atoms with Crippen LogP contribution in [0.3, 0.4) is 0 Å². The molecule has 0 radical (unpaired) electrons. The lowest BCUT2D eigenvalue weighted by molar-refractivity contribution is 0.0915. The molecule has 1 aliphatic carbocycles. The lowest BCUT2D eigenvalue weighted by Crippen LogP contribution is -2.33. The minimum atomic E-state index is 0.0418. The summed E-state index contributed by atoms with van der Waals surface area (Å²) in [5.74, 6) is 0.0418. The first kappa shape index (κ1) is 13.6. The second kappa shape index (κ2) is 5.94. The molecular formula is C16H22N2O2. The van der Waals surface area contributed by atoms with Gasteiger partial charge in [-0.25, -0.2) is 0 Å². The number of benzene rings is 1. The largest absolute Gasteiger partial charge is 0.381 e. The third-order valence-corrected chi connectivity index (χ3v) is 4.41. The van der Waals surface area contributed by atoms with Crippen LogP contribution in [0.25, 0.3) is 0 Å². The molecule has 1 heterocycles. The Bertz CT molecular complexity index is 501. The zero-order valence-electron chi connectivity index (χ0n) is 11.9. The van der Waals surface area contributed by atoms with Gasteiger partial charge in [-0.1, -0.05) is 6.07 Å². The molecule has 108 valence electrons. The average Bonchev–Trinajstić information content (AvgIpc) is 2.94. The van der Waals surface area contributed by atoms with E-state index in [-0.39, 0.29) is 11.9 Å². The van der Waals surface area contributed by atoms with Gasteiger partial charge in [0.05, 0.1) is 6.10 Å². The molecule has 1 amide bonds. The molecule has 2 unspecified atom stereocenters. The highest BCUT2D eigenvalue weighted by Gasteiger charge is 2.26. The summed E-state index contributed by atoms with van der Waals surface area (Å²) < 4.78 is 5.34. The van der Waals surface area contributed by atoms with Crippen molar-refractivity contribution in [3.05, 3.63) is 34.9 Å². The first-order valence-corrected chi connectivity index (χ1v) is 7.42. The van der Waals surface area contributed by atoms with E-state index in [0.717, 1.165) is 44.3 Å². The van der Waals surface area contributed by atoms with Gasteiger partial charge >= 0.3 is 0 Å². The van der Waals surface area contributed by atoms with Crippen molar-refractivity contribution < 1.29 is 9.53 Å². The number of hydrogen-bond acceptors (Lipinski definition) is 3. The maximum absolute atomic E-state index is 12.3. The summed E-state index contributed by atoms with van der Waals surface area (Å²) in [6, 6.07) is 6.32. The van der Waals surface area contributed by atoms with Gasteiger partial charge in [-0.2, -0.15) is 0 Å². The van der Waals surface area contributed by atoms with Crippen LogP contribution in [-0.2, 0) is 17.7 Å². The Morgan fingerprint density at radius 3 is 3.05 bits per heavy atom. The molecule has 1 aliphatic heterocycles. The fourth-order valence-corrected chi connectivity index (χ4v) is 3.18. The van der Waals surface area contributed by atoms with E-state index in [9.17, 15) is 4.79 Å². The number of amides is 1. The summed E-state index contributed by atoms with van der Waals surface area (Å²) in [5, 5.41) is 6.47. The molecule has 1 saturated carbocycles. The van der Waals surface area contributed by atoms with E-state index in [1.54, 1.807) is 7.11 Å². The van der Waals surface area contributed by atoms with E-state index < -0.39 is 0 Å². The minimum Gasteiger partial charge on any atom is -0.381 e. The topological polar surface area (TPSA) is 50.4 Å². The molecule has 4 heteroatoms. The van der Waals surface area contributed by atoms with Gasteiger partial charge in [0.15, 0.2) is 0 Å². The predicted octanol–water partition coefficient (Wildman–Crippen LogP) is 1.63. The number of hydrogen-bond donors (Lipinski definition) is 2. The van der Waals surface area contributed by atoms with Crippen LogP contribution >= 0.6 is 0 Å². The van der Waals surface area contributed by atoms with Crippen LogP contribution in [-0.4, -0.2) is 31.7 Å². The van der Waals surface area contributed by atoms with Gasteiger partial charge in [-0.3, -0.25) is 4.79 Å². The van der Waals surface area contributed by atoms with Crippen molar-refractivity contribution in [3.8, 4) is 0 Å². The second-order valence-electron chi connectivity index (χ2n) is 5.75. The Morgan fingerprint density at radius 2 is 2.25 bits per heavy atom. The normalized spacial score (nSPS) is 25.2. The van der Waals surface area contributed by atoms with Crippen molar-refractivity contribution in [1.82, 2.24) is 10.6 Å². The molecule has 0 saturated heterocycles. The standard InChI is InChI=1S/C16H22N2O2/c1-20-15-5-4-14(9-15)18-16(19)12-3-2-11-6-7-17-10-13(11)8-12/h2-3,8,14-15,17H,4-7,9-10H2,1H3,(H,18,19). The van der Waals surface area contributed by atoms with E-state index in [2.05, 4.69) is 16.7 Å². The number of rotatable bonds is 3. The fourth-order valence-electron chi connectivity index (χ4n) is 3.18. The molecule has 0 aromatic heterocycles. The molecule has 1 fully saturated rings. The molecule has 2 atom stereocenters. The first-order valence-electron chi connectivity index (χ1n) is 7.42. The Hall–Kier alpha value is -1.39. The van der Waals surface area contributed by atoms with Crippen molar-refractivity contribution in [2.45, 2.75) is 44.4 Å².